The first-order valence-corrected chi connectivity index (χ1v) is 6.65. The van der Waals surface area contributed by atoms with Crippen LogP contribution in [0.15, 0.2) is 24.3 Å². The van der Waals surface area contributed by atoms with Crippen molar-refractivity contribution in [3.63, 3.8) is 0 Å². The smallest absolute Gasteiger partial charge is 0.118 e. The molecule has 0 saturated carbocycles. The van der Waals surface area contributed by atoms with Gasteiger partial charge in [-0.2, -0.15) is 0 Å². The molecule has 1 N–H and O–H groups in total. The lowest BCUT2D eigenvalue weighted by Gasteiger charge is -2.19. The van der Waals surface area contributed by atoms with Crippen LogP contribution in [-0.2, 0) is 6.42 Å². The third-order valence-electron chi connectivity index (χ3n) is 3.16. The molecule has 3 nitrogen and oxygen atoms in total. The van der Waals surface area contributed by atoms with Crippen LogP contribution in [0, 0.1) is 0 Å². The van der Waals surface area contributed by atoms with Gasteiger partial charge in [0, 0.05) is 6.54 Å². The average molecular weight is 251 g/mol. The standard InChI is InChI=1S/C15H25NO2/c1-4-14(17)12-16(2)11-5-6-13-7-9-15(18-3)10-8-13/h7-10,14,17H,4-6,11-12H2,1-3H3. The normalized spacial score (nSPS) is 12.7. The Labute approximate surface area is 110 Å². The van der Waals surface area contributed by atoms with E-state index in [1.807, 2.05) is 19.1 Å². The van der Waals surface area contributed by atoms with E-state index in [0.29, 0.717) is 0 Å². The van der Waals surface area contributed by atoms with Gasteiger partial charge in [0.2, 0.25) is 0 Å². The van der Waals surface area contributed by atoms with E-state index in [1.54, 1.807) is 7.11 Å². The van der Waals surface area contributed by atoms with Gasteiger partial charge < -0.3 is 14.7 Å². The van der Waals surface area contributed by atoms with E-state index in [1.165, 1.54) is 5.56 Å². The van der Waals surface area contributed by atoms with Crippen LogP contribution in [0.5, 0.6) is 5.75 Å². The monoisotopic (exact) mass is 251 g/mol. The maximum absolute atomic E-state index is 9.55. The Morgan fingerprint density at radius 2 is 1.94 bits per heavy atom. The highest BCUT2D eigenvalue weighted by Crippen LogP contribution is 2.12. The minimum atomic E-state index is -0.198. The number of aliphatic hydroxyl groups excluding tert-OH is 1. The number of hydrogen-bond acceptors (Lipinski definition) is 3. The quantitative estimate of drug-likeness (QED) is 0.769. The molecule has 18 heavy (non-hydrogen) atoms. The summed E-state index contributed by atoms with van der Waals surface area (Å²) in [6, 6.07) is 8.22. The van der Waals surface area contributed by atoms with Gasteiger partial charge in [0.15, 0.2) is 0 Å². The number of likely N-dealkylation sites (N-methyl/N-ethyl adjacent to an activating group) is 1. The number of ether oxygens (including phenoxy) is 1. The van der Waals surface area contributed by atoms with E-state index < -0.39 is 0 Å². The number of aliphatic hydroxyl groups is 1. The van der Waals surface area contributed by atoms with E-state index in [0.717, 1.165) is 38.1 Å². The Balaban J connectivity index is 2.24. The number of aryl methyl sites for hydroxylation is 1. The summed E-state index contributed by atoms with van der Waals surface area (Å²) in [7, 11) is 3.75. The van der Waals surface area contributed by atoms with E-state index in [2.05, 4.69) is 24.1 Å². The predicted molar refractivity (Wildman–Crippen MR) is 75.1 cm³/mol. The molecule has 0 fully saturated rings. The third kappa shape index (κ3) is 5.52. The van der Waals surface area contributed by atoms with Gasteiger partial charge in [0.1, 0.15) is 5.75 Å². The molecule has 1 rings (SSSR count). The zero-order chi connectivity index (χ0) is 13.4. The van der Waals surface area contributed by atoms with Crippen LogP contribution in [0.3, 0.4) is 0 Å². The molecule has 0 spiro atoms. The number of rotatable bonds is 8. The fraction of sp³-hybridized carbons (Fsp3) is 0.600. The van der Waals surface area contributed by atoms with Crippen molar-refractivity contribution in [3.8, 4) is 5.75 Å². The van der Waals surface area contributed by atoms with Crippen molar-refractivity contribution in [2.24, 2.45) is 0 Å². The van der Waals surface area contributed by atoms with E-state index in [-0.39, 0.29) is 6.10 Å². The number of methoxy groups -OCH3 is 1. The van der Waals surface area contributed by atoms with Crippen LogP contribution in [0.2, 0.25) is 0 Å². The van der Waals surface area contributed by atoms with Gasteiger partial charge in [-0.15, -0.1) is 0 Å². The summed E-state index contributed by atoms with van der Waals surface area (Å²) in [5.74, 6) is 0.905. The third-order valence-corrected chi connectivity index (χ3v) is 3.16. The van der Waals surface area contributed by atoms with Crippen molar-refractivity contribution in [1.82, 2.24) is 4.90 Å². The Bertz CT molecular complexity index is 324. The Morgan fingerprint density at radius 3 is 2.50 bits per heavy atom. The molecule has 1 atom stereocenters. The molecule has 0 bridgehead atoms. The maximum Gasteiger partial charge on any atom is 0.118 e. The second kappa shape index (κ2) is 8.11. The molecular formula is C15H25NO2. The molecule has 102 valence electrons. The zero-order valence-electron chi connectivity index (χ0n) is 11.7. The molecule has 0 radical (unpaired) electrons. The van der Waals surface area contributed by atoms with Crippen LogP contribution >= 0.6 is 0 Å². The molecule has 0 aliphatic rings. The van der Waals surface area contributed by atoms with Crippen molar-refractivity contribution in [2.45, 2.75) is 32.3 Å². The SMILES string of the molecule is CCC(O)CN(C)CCCc1ccc(OC)cc1. The second-order valence-corrected chi connectivity index (χ2v) is 4.78. The highest BCUT2D eigenvalue weighted by atomic mass is 16.5. The molecule has 1 aromatic rings. The predicted octanol–water partition coefficient (Wildman–Crippen LogP) is 2.33. The lowest BCUT2D eigenvalue weighted by atomic mass is 10.1. The van der Waals surface area contributed by atoms with Gasteiger partial charge in [-0.05, 0) is 50.6 Å². The topological polar surface area (TPSA) is 32.7 Å². The maximum atomic E-state index is 9.55. The highest BCUT2D eigenvalue weighted by Gasteiger charge is 2.05. The van der Waals surface area contributed by atoms with Gasteiger partial charge >= 0.3 is 0 Å². The van der Waals surface area contributed by atoms with Gasteiger partial charge in [0.25, 0.3) is 0 Å². The molecule has 1 unspecified atom stereocenters. The molecule has 1 aromatic carbocycles. The van der Waals surface area contributed by atoms with Crippen LogP contribution < -0.4 is 4.74 Å². The summed E-state index contributed by atoms with van der Waals surface area (Å²) in [4.78, 5) is 2.19. The fourth-order valence-corrected chi connectivity index (χ4v) is 1.93. The first kappa shape index (κ1) is 15.0. The minimum absolute atomic E-state index is 0.198. The molecule has 3 heteroatoms. The van der Waals surface area contributed by atoms with Gasteiger partial charge in [-0.25, -0.2) is 0 Å². The second-order valence-electron chi connectivity index (χ2n) is 4.78. The fourth-order valence-electron chi connectivity index (χ4n) is 1.93. The van der Waals surface area contributed by atoms with Gasteiger partial charge in [0.05, 0.1) is 13.2 Å². The summed E-state index contributed by atoms with van der Waals surface area (Å²) in [5, 5.41) is 9.55. The molecule has 0 saturated heterocycles. The number of nitrogens with zero attached hydrogens (tertiary/aromatic N) is 1. The summed E-state index contributed by atoms with van der Waals surface area (Å²) in [5.41, 5.74) is 1.33. The molecular weight excluding hydrogens is 226 g/mol. The van der Waals surface area contributed by atoms with Crippen molar-refractivity contribution >= 4 is 0 Å². The first-order valence-electron chi connectivity index (χ1n) is 6.65. The van der Waals surface area contributed by atoms with Crippen LogP contribution in [-0.4, -0.2) is 43.4 Å². The average Bonchev–Trinajstić information content (AvgIpc) is 2.39. The van der Waals surface area contributed by atoms with Crippen molar-refractivity contribution in [3.05, 3.63) is 29.8 Å². The lowest BCUT2D eigenvalue weighted by Crippen LogP contribution is -2.29. The number of benzene rings is 1. The van der Waals surface area contributed by atoms with Crippen molar-refractivity contribution in [2.75, 3.05) is 27.2 Å². The molecule has 0 amide bonds. The van der Waals surface area contributed by atoms with E-state index in [9.17, 15) is 5.11 Å². The zero-order valence-corrected chi connectivity index (χ0v) is 11.7. The minimum Gasteiger partial charge on any atom is -0.497 e. The number of hydrogen-bond donors (Lipinski definition) is 1. The Hall–Kier alpha value is -1.06. The van der Waals surface area contributed by atoms with E-state index in [4.69, 9.17) is 4.74 Å². The van der Waals surface area contributed by atoms with Gasteiger partial charge in [-0.3, -0.25) is 0 Å². The van der Waals surface area contributed by atoms with E-state index >= 15 is 0 Å². The molecule has 0 aromatic heterocycles. The molecule has 0 aliphatic carbocycles. The molecule has 0 heterocycles. The van der Waals surface area contributed by atoms with Crippen LogP contribution in [0.4, 0.5) is 0 Å². The summed E-state index contributed by atoms with van der Waals surface area (Å²) < 4.78 is 5.13. The summed E-state index contributed by atoms with van der Waals surface area (Å²) in [6.07, 6.45) is 2.80. The van der Waals surface area contributed by atoms with Gasteiger partial charge in [-0.1, -0.05) is 19.1 Å². The van der Waals surface area contributed by atoms with Crippen LogP contribution in [0.1, 0.15) is 25.3 Å². The van der Waals surface area contributed by atoms with Crippen molar-refractivity contribution in [1.29, 1.82) is 0 Å². The van der Waals surface area contributed by atoms with Crippen LogP contribution in [0.25, 0.3) is 0 Å². The highest BCUT2D eigenvalue weighted by molar-refractivity contribution is 5.27. The first-order chi connectivity index (χ1) is 8.65. The Morgan fingerprint density at radius 1 is 1.28 bits per heavy atom. The Kier molecular flexibility index (Phi) is 6.76. The summed E-state index contributed by atoms with van der Waals surface area (Å²) in [6.45, 7) is 3.79. The molecule has 0 aliphatic heterocycles. The summed E-state index contributed by atoms with van der Waals surface area (Å²) >= 11 is 0. The largest absolute Gasteiger partial charge is 0.497 e. The lowest BCUT2D eigenvalue weighted by molar-refractivity contribution is 0.122. The van der Waals surface area contributed by atoms with Crippen molar-refractivity contribution < 1.29 is 9.84 Å².